The lowest BCUT2D eigenvalue weighted by Gasteiger charge is -2.28. The van der Waals surface area contributed by atoms with Crippen molar-refractivity contribution in [1.82, 2.24) is 9.80 Å². The number of amides is 2. The average Bonchev–Trinajstić information content (AvgIpc) is 2.44. The maximum Gasteiger partial charge on any atom is 0.235 e. The van der Waals surface area contributed by atoms with Crippen LogP contribution in [0.25, 0.3) is 0 Å². The third kappa shape index (κ3) is 4.08. The smallest absolute Gasteiger partial charge is 0.235 e. The summed E-state index contributed by atoms with van der Waals surface area (Å²) in [6.45, 7) is 3.79. The van der Waals surface area contributed by atoms with Gasteiger partial charge in [0.25, 0.3) is 0 Å². The molecule has 0 spiro atoms. The number of hydrogen-bond acceptors (Lipinski definition) is 2. The molecule has 1 atom stereocenters. The van der Waals surface area contributed by atoms with Gasteiger partial charge in [-0.2, -0.15) is 0 Å². The molecular formula is C16H21ClN2O2. The summed E-state index contributed by atoms with van der Waals surface area (Å²) in [5.41, 5.74) is 0.838. The lowest BCUT2D eigenvalue weighted by Crippen LogP contribution is -2.43. The van der Waals surface area contributed by atoms with Gasteiger partial charge in [0, 0.05) is 39.1 Å². The summed E-state index contributed by atoms with van der Waals surface area (Å²) >= 11 is 5.89. The topological polar surface area (TPSA) is 40.6 Å². The zero-order valence-electron chi connectivity index (χ0n) is 12.8. The minimum atomic E-state index is -0.825. The highest BCUT2D eigenvalue weighted by atomic mass is 35.5. The standard InChI is InChI=1S/C16H21ClN2O2/c1-6-13(11-7-9-12(17)10-8-11)14(15(20)18(2)3)16(21)19(4)5/h6-10,13-14H,1H2,2-5H3. The summed E-state index contributed by atoms with van der Waals surface area (Å²) in [6, 6.07) is 7.11. The van der Waals surface area contributed by atoms with E-state index in [2.05, 4.69) is 6.58 Å². The lowest BCUT2D eigenvalue weighted by molar-refractivity contribution is -0.145. The quantitative estimate of drug-likeness (QED) is 0.619. The van der Waals surface area contributed by atoms with Crippen molar-refractivity contribution in [3.05, 3.63) is 47.5 Å². The number of hydrogen-bond donors (Lipinski definition) is 0. The highest BCUT2D eigenvalue weighted by Gasteiger charge is 2.36. The average molecular weight is 309 g/mol. The molecule has 0 saturated carbocycles. The van der Waals surface area contributed by atoms with Crippen molar-refractivity contribution in [1.29, 1.82) is 0 Å². The Balaban J connectivity index is 3.26. The van der Waals surface area contributed by atoms with Crippen LogP contribution in [0.15, 0.2) is 36.9 Å². The van der Waals surface area contributed by atoms with Crippen LogP contribution in [0.3, 0.4) is 0 Å². The van der Waals surface area contributed by atoms with Crippen LogP contribution in [-0.4, -0.2) is 49.8 Å². The Morgan fingerprint density at radius 1 is 1.05 bits per heavy atom. The second kappa shape index (κ2) is 7.27. The Morgan fingerprint density at radius 2 is 1.48 bits per heavy atom. The third-order valence-electron chi connectivity index (χ3n) is 3.28. The summed E-state index contributed by atoms with van der Waals surface area (Å²) in [6.07, 6.45) is 1.64. The van der Waals surface area contributed by atoms with E-state index in [4.69, 9.17) is 11.6 Å². The van der Waals surface area contributed by atoms with E-state index in [0.29, 0.717) is 5.02 Å². The Hall–Kier alpha value is -1.81. The molecule has 1 rings (SSSR count). The first-order valence-electron chi connectivity index (χ1n) is 6.60. The number of carbonyl (C=O) groups excluding carboxylic acids is 2. The van der Waals surface area contributed by atoms with E-state index in [-0.39, 0.29) is 11.8 Å². The number of carbonyl (C=O) groups is 2. The molecule has 0 aliphatic carbocycles. The van der Waals surface area contributed by atoms with Gasteiger partial charge in [-0.1, -0.05) is 29.8 Å². The van der Waals surface area contributed by atoms with Crippen LogP contribution in [-0.2, 0) is 9.59 Å². The Labute approximate surface area is 131 Å². The van der Waals surface area contributed by atoms with Gasteiger partial charge in [0.2, 0.25) is 11.8 Å². The minimum Gasteiger partial charge on any atom is -0.348 e. The molecule has 0 aliphatic rings. The number of nitrogens with zero attached hydrogens (tertiary/aromatic N) is 2. The van der Waals surface area contributed by atoms with Crippen molar-refractivity contribution in [3.63, 3.8) is 0 Å². The molecule has 0 saturated heterocycles. The molecule has 5 heteroatoms. The van der Waals surface area contributed by atoms with Crippen LogP contribution in [0.5, 0.6) is 0 Å². The summed E-state index contributed by atoms with van der Waals surface area (Å²) in [4.78, 5) is 27.7. The van der Waals surface area contributed by atoms with Crippen molar-refractivity contribution in [2.75, 3.05) is 28.2 Å². The Morgan fingerprint density at radius 3 is 1.81 bits per heavy atom. The SMILES string of the molecule is C=CC(c1ccc(Cl)cc1)C(C(=O)N(C)C)C(=O)N(C)C. The molecule has 0 aliphatic heterocycles. The molecular weight excluding hydrogens is 288 g/mol. The molecule has 114 valence electrons. The minimum absolute atomic E-state index is 0.242. The van der Waals surface area contributed by atoms with Gasteiger partial charge >= 0.3 is 0 Å². The van der Waals surface area contributed by atoms with Gasteiger partial charge in [-0.25, -0.2) is 0 Å². The van der Waals surface area contributed by atoms with E-state index in [1.54, 1.807) is 46.4 Å². The summed E-state index contributed by atoms with van der Waals surface area (Å²) in [5.74, 6) is -1.71. The predicted octanol–water partition coefficient (Wildman–Crippen LogP) is 2.40. The van der Waals surface area contributed by atoms with E-state index >= 15 is 0 Å². The molecule has 1 aromatic rings. The molecule has 0 heterocycles. The predicted molar refractivity (Wildman–Crippen MR) is 85.3 cm³/mol. The fourth-order valence-corrected chi connectivity index (χ4v) is 2.24. The fraction of sp³-hybridized carbons (Fsp3) is 0.375. The second-order valence-corrected chi connectivity index (χ2v) is 5.69. The van der Waals surface area contributed by atoms with Crippen LogP contribution < -0.4 is 0 Å². The Kier molecular flexibility index (Phi) is 5.97. The summed E-state index contributed by atoms with van der Waals surface area (Å²) in [5, 5.41) is 0.607. The van der Waals surface area contributed by atoms with Gasteiger partial charge in [0.15, 0.2) is 0 Å². The van der Waals surface area contributed by atoms with Gasteiger partial charge in [-0.05, 0) is 17.7 Å². The van der Waals surface area contributed by atoms with Gasteiger partial charge in [-0.15, -0.1) is 6.58 Å². The van der Waals surface area contributed by atoms with Crippen LogP contribution in [0.1, 0.15) is 11.5 Å². The monoisotopic (exact) mass is 308 g/mol. The van der Waals surface area contributed by atoms with E-state index in [9.17, 15) is 9.59 Å². The van der Waals surface area contributed by atoms with Crippen molar-refractivity contribution >= 4 is 23.4 Å². The highest BCUT2D eigenvalue weighted by Crippen LogP contribution is 2.29. The number of allylic oxidation sites excluding steroid dienone is 1. The van der Waals surface area contributed by atoms with Gasteiger partial charge in [-0.3, -0.25) is 9.59 Å². The zero-order valence-corrected chi connectivity index (χ0v) is 13.6. The van der Waals surface area contributed by atoms with Crippen LogP contribution in [0.2, 0.25) is 5.02 Å². The van der Waals surface area contributed by atoms with E-state index in [1.807, 2.05) is 12.1 Å². The molecule has 0 fully saturated rings. The first-order chi connectivity index (χ1) is 9.79. The number of rotatable bonds is 5. The van der Waals surface area contributed by atoms with Gasteiger partial charge < -0.3 is 9.80 Å². The lowest BCUT2D eigenvalue weighted by atomic mass is 9.84. The molecule has 21 heavy (non-hydrogen) atoms. The van der Waals surface area contributed by atoms with Crippen LogP contribution in [0.4, 0.5) is 0 Å². The first-order valence-corrected chi connectivity index (χ1v) is 6.97. The number of benzene rings is 1. The van der Waals surface area contributed by atoms with Crippen molar-refractivity contribution in [3.8, 4) is 0 Å². The molecule has 0 aromatic heterocycles. The van der Waals surface area contributed by atoms with Crippen LogP contribution >= 0.6 is 11.6 Å². The van der Waals surface area contributed by atoms with Crippen molar-refractivity contribution < 1.29 is 9.59 Å². The molecule has 0 N–H and O–H groups in total. The number of halogens is 1. The fourth-order valence-electron chi connectivity index (χ4n) is 2.12. The Bertz CT molecular complexity index is 504. The van der Waals surface area contributed by atoms with Crippen LogP contribution in [0, 0.1) is 5.92 Å². The van der Waals surface area contributed by atoms with Gasteiger partial charge in [0.1, 0.15) is 5.92 Å². The molecule has 1 aromatic carbocycles. The first kappa shape index (κ1) is 17.2. The normalized spacial score (nSPS) is 11.9. The zero-order chi connectivity index (χ0) is 16.2. The van der Waals surface area contributed by atoms with E-state index in [0.717, 1.165) is 5.56 Å². The molecule has 2 amide bonds. The molecule has 0 bridgehead atoms. The largest absolute Gasteiger partial charge is 0.348 e. The summed E-state index contributed by atoms with van der Waals surface area (Å²) < 4.78 is 0. The maximum atomic E-state index is 12.4. The van der Waals surface area contributed by atoms with E-state index in [1.165, 1.54) is 9.80 Å². The summed E-state index contributed by atoms with van der Waals surface area (Å²) in [7, 11) is 6.56. The molecule has 1 unspecified atom stereocenters. The van der Waals surface area contributed by atoms with E-state index < -0.39 is 11.8 Å². The van der Waals surface area contributed by atoms with Gasteiger partial charge in [0.05, 0.1) is 0 Å². The second-order valence-electron chi connectivity index (χ2n) is 5.26. The van der Waals surface area contributed by atoms with Crippen molar-refractivity contribution in [2.45, 2.75) is 5.92 Å². The molecule has 4 nitrogen and oxygen atoms in total. The third-order valence-corrected chi connectivity index (χ3v) is 3.53. The highest BCUT2D eigenvalue weighted by molar-refractivity contribution is 6.30. The maximum absolute atomic E-state index is 12.4. The molecule has 0 radical (unpaired) electrons. The van der Waals surface area contributed by atoms with Crippen molar-refractivity contribution in [2.24, 2.45) is 5.92 Å².